The van der Waals surface area contributed by atoms with Crippen molar-refractivity contribution in [3.05, 3.63) is 35.9 Å². The largest absolute Gasteiger partial charge is 0.465 e. The Morgan fingerprint density at radius 2 is 1.93 bits per heavy atom. The Hall–Kier alpha value is -1.88. The normalized spacial score (nSPS) is 28.0. The van der Waals surface area contributed by atoms with E-state index in [2.05, 4.69) is 0 Å². The van der Waals surface area contributed by atoms with E-state index in [4.69, 9.17) is 4.74 Å². The van der Waals surface area contributed by atoms with Gasteiger partial charge in [0.15, 0.2) is 0 Å². The highest BCUT2D eigenvalue weighted by Crippen LogP contribution is 2.46. The summed E-state index contributed by atoms with van der Waals surface area (Å²) < 4.78 is 5.86. The van der Waals surface area contributed by atoms with Gasteiger partial charge in [0.05, 0.1) is 13.2 Å². The van der Waals surface area contributed by atoms with Crippen molar-refractivity contribution in [2.75, 3.05) is 6.61 Å². The molecule has 0 aromatic heterocycles. The number of ketones is 1. The maximum Gasteiger partial charge on any atom is 0.407 e. The molecule has 0 saturated heterocycles. The molecule has 1 amide bonds. The van der Waals surface area contributed by atoms with Gasteiger partial charge < -0.3 is 14.7 Å². The van der Waals surface area contributed by atoms with Crippen LogP contribution in [0.15, 0.2) is 30.3 Å². The molecule has 0 spiro atoms. The molecule has 2 aliphatic carbocycles. The van der Waals surface area contributed by atoms with Gasteiger partial charge in [-0.05, 0) is 57.4 Å². The summed E-state index contributed by atoms with van der Waals surface area (Å²) in [4.78, 5) is 26.0. The molecular formula is C22H31NO4. The molecule has 0 radical (unpaired) electrons. The quantitative estimate of drug-likeness (QED) is 0.833. The molecule has 1 N–H and O–H groups in total. The third-order valence-corrected chi connectivity index (χ3v) is 6.11. The lowest BCUT2D eigenvalue weighted by molar-refractivity contribution is -0.123. The molecule has 4 atom stereocenters. The zero-order valence-electron chi connectivity index (χ0n) is 16.6. The number of hydrogen-bond acceptors (Lipinski definition) is 3. The molecule has 1 aromatic rings. The first kappa shape index (κ1) is 19.9. The molecule has 5 heteroatoms. The number of ether oxygens (including phenoxy) is 1. The molecule has 0 aliphatic heterocycles. The maximum atomic E-state index is 12.6. The average Bonchev–Trinajstić information content (AvgIpc) is 2.89. The van der Waals surface area contributed by atoms with Crippen LogP contribution in [0.5, 0.6) is 0 Å². The smallest absolute Gasteiger partial charge is 0.407 e. The van der Waals surface area contributed by atoms with Crippen LogP contribution in [0.4, 0.5) is 4.79 Å². The van der Waals surface area contributed by atoms with Crippen LogP contribution in [0.2, 0.25) is 0 Å². The molecule has 0 bridgehead atoms. The van der Waals surface area contributed by atoms with Crippen molar-refractivity contribution in [3.63, 3.8) is 0 Å². The van der Waals surface area contributed by atoms with Crippen LogP contribution >= 0.6 is 0 Å². The number of rotatable bonds is 5. The standard InChI is InChI=1S/C22H31NO4/c1-22(2,3)23(21(25)26)17-9-10-18-16(11-17)12-20(24)19(18)14-27-13-15-7-5-4-6-8-15/h4-8,16-19H,9-14H2,1-3H3,(H,25,26)/t16-,17?,18+,19-/m0/s1. The summed E-state index contributed by atoms with van der Waals surface area (Å²) in [6, 6.07) is 10.0. The van der Waals surface area contributed by atoms with Crippen LogP contribution in [-0.2, 0) is 16.1 Å². The summed E-state index contributed by atoms with van der Waals surface area (Å²) >= 11 is 0. The lowest BCUT2D eigenvalue weighted by atomic mass is 9.75. The van der Waals surface area contributed by atoms with Gasteiger partial charge in [0.25, 0.3) is 0 Å². The Balaban J connectivity index is 1.59. The molecule has 2 saturated carbocycles. The summed E-state index contributed by atoms with van der Waals surface area (Å²) in [5.41, 5.74) is 0.690. The number of nitrogens with zero attached hydrogens (tertiary/aromatic N) is 1. The Morgan fingerprint density at radius 1 is 1.22 bits per heavy atom. The minimum Gasteiger partial charge on any atom is -0.465 e. The van der Waals surface area contributed by atoms with Crippen LogP contribution < -0.4 is 0 Å². The van der Waals surface area contributed by atoms with Crippen LogP contribution in [0.25, 0.3) is 0 Å². The first-order valence-electron chi connectivity index (χ1n) is 9.94. The summed E-state index contributed by atoms with van der Waals surface area (Å²) in [7, 11) is 0. The number of hydrogen-bond donors (Lipinski definition) is 1. The second kappa shape index (κ2) is 8.01. The van der Waals surface area contributed by atoms with Gasteiger partial charge in [-0.3, -0.25) is 4.79 Å². The second-order valence-electron chi connectivity index (χ2n) is 8.99. The lowest BCUT2D eigenvalue weighted by Gasteiger charge is -2.44. The number of benzene rings is 1. The summed E-state index contributed by atoms with van der Waals surface area (Å²) in [5.74, 6) is 0.870. The zero-order chi connectivity index (χ0) is 19.6. The highest BCUT2D eigenvalue weighted by atomic mass is 16.5. The van der Waals surface area contributed by atoms with Gasteiger partial charge >= 0.3 is 6.09 Å². The minimum atomic E-state index is -0.863. The van der Waals surface area contributed by atoms with Crippen LogP contribution in [0.3, 0.4) is 0 Å². The Kier molecular flexibility index (Phi) is 5.89. The van der Waals surface area contributed by atoms with Gasteiger partial charge in [-0.1, -0.05) is 30.3 Å². The van der Waals surface area contributed by atoms with Crippen molar-refractivity contribution >= 4 is 11.9 Å². The van der Waals surface area contributed by atoms with Gasteiger partial charge in [-0.25, -0.2) is 4.79 Å². The fraction of sp³-hybridized carbons (Fsp3) is 0.636. The molecule has 1 unspecified atom stereocenters. The van der Waals surface area contributed by atoms with E-state index in [1.54, 1.807) is 4.90 Å². The highest BCUT2D eigenvalue weighted by molar-refractivity contribution is 5.84. The van der Waals surface area contributed by atoms with E-state index in [0.717, 1.165) is 24.8 Å². The van der Waals surface area contributed by atoms with Crippen LogP contribution in [0, 0.1) is 17.8 Å². The highest BCUT2D eigenvalue weighted by Gasteiger charge is 2.47. The van der Waals surface area contributed by atoms with Gasteiger partial charge in [-0.2, -0.15) is 0 Å². The number of fused-ring (bicyclic) bond motifs is 1. The van der Waals surface area contributed by atoms with E-state index >= 15 is 0 Å². The summed E-state index contributed by atoms with van der Waals surface area (Å²) in [5, 5.41) is 9.67. The van der Waals surface area contributed by atoms with E-state index in [1.165, 1.54) is 0 Å². The lowest BCUT2D eigenvalue weighted by Crippen LogP contribution is -2.53. The van der Waals surface area contributed by atoms with Gasteiger partial charge in [0.2, 0.25) is 0 Å². The topological polar surface area (TPSA) is 66.8 Å². The monoisotopic (exact) mass is 373 g/mol. The molecule has 5 nitrogen and oxygen atoms in total. The third kappa shape index (κ3) is 4.52. The Morgan fingerprint density at radius 3 is 2.56 bits per heavy atom. The van der Waals surface area contributed by atoms with E-state index < -0.39 is 11.6 Å². The molecule has 148 valence electrons. The van der Waals surface area contributed by atoms with E-state index in [-0.39, 0.29) is 23.7 Å². The SMILES string of the molecule is CC(C)(C)N(C(=O)O)C1CC[C@@H]2[C@H](CC(=O)[C@H]2COCc2ccccc2)C1. The first-order valence-corrected chi connectivity index (χ1v) is 9.94. The predicted octanol–water partition coefficient (Wildman–Crippen LogP) is 4.36. The molecule has 27 heavy (non-hydrogen) atoms. The Bertz CT molecular complexity index is 667. The number of carboxylic acid groups (broad SMARTS) is 1. The van der Waals surface area contributed by atoms with E-state index in [9.17, 15) is 14.7 Å². The minimum absolute atomic E-state index is 0.000497. The first-order chi connectivity index (χ1) is 12.8. The van der Waals surface area contributed by atoms with Crippen LogP contribution in [0.1, 0.15) is 52.0 Å². The fourth-order valence-electron chi connectivity index (χ4n) is 5.00. The van der Waals surface area contributed by atoms with Crippen LogP contribution in [-0.4, -0.2) is 40.1 Å². The summed E-state index contributed by atoms with van der Waals surface area (Å²) in [6.07, 6.45) is 2.22. The Labute approximate surface area is 161 Å². The van der Waals surface area contributed by atoms with Crippen molar-refractivity contribution in [1.82, 2.24) is 4.90 Å². The number of carbonyl (C=O) groups excluding carboxylic acids is 1. The molecule has 3 rings (SSSR count). The summed E-state index contributed by atoms with van der Waals surface area (Å²) in [6.45, 7) is 6.82. The fourth-order valence-corrected chi connectivity index (χ4v) is 5.00. The van der Waals surface area contributed by atoms with Gasteiger partial charge in [0, 0.05) is 23.9 Å². The van der Waals surface area contributed by atoms with Crippen molar-refractivity contribution in [2.45, 2.75) is 64.6 Å². The van der Waals surface area contributed by atoms with Crippen molar-refractivity contribution in [2.24, 2.45) is 17.8 Å². The zero-order valence-corrected chi connectivity index (χ0v) is 16.6. The molecular weight excluding hydrogens is 342 g/mol. The average molecular weight is 373 g/mol. The molecule has 1 aromatic carbocycles. The number of Topliss-reactive ketones (excluding diaryl/α,β-unsaturated/α-hetero) is 1. The van der Waals surface area contributed by atoms with Crippen molar-refractivity contribution < 1.29 is 19.4 Å². The number of amides is 1. The third-order valence-electron chi connectivity index (χ3n) is 6.11. The van der Waals surface area contributed by atoms with Crippen molar-refractivity contribution in [3.8, 4) is 0 Å². The predicted molar refractivity (Wildman–Crippen MR) is 103 cm³/mol. The van der Waals surface area contributed by atoms with Gasteiger partial charge in [0.1, 0.15) is 5.78 Å². The van der Waals surface area contributed by atoms with Gasteiger partial charge in [-0.15, -0.1) is 0 Å². The van der Waals surface area contributed by atoms with E-state index in [0.29, 0.717) is 25.6 Å². The molecule has 2 aliphatic rings. The molecule has 2 fully saturated rings. The number of carbonyl (C=O) groups is 2. The maximum absolute atomic E-state index is 12.6. The second-order valence-corrected chi connectivity index (χ2v) is 8.99. The molecule has 0 heterocycles. The van der Waals surface area contributed by atoms with E-state index in [1.807, 2.05) is 51.1 Å². The van der Waals surface area contributed by atoms with Crippen molar-refractivity contribution in [1.29, 1.82) is 0 Å².